The Morgan fingerprint density at radius 1 is 0.672 bits per heavy atom. The van der Waals surface area contributed by atoms with E-state index in [0.29, 0.717) is 66.0 Å². The van der Waals surface area contributed by atoms with Crippen LogP contribution in [-0.2, 0) is 39.1 Å². The summed E-state index contributed by atoms with van der Waals surface area (Å²) in [7, 11) is 7.82. The number of benzene rings is 5. The van der Waals surface area contributed by atoms with Crippen molar-refractivity contribution < 1.29 is 67.3 Å². The number of carboxylic acids is 1. The lowest BCUT2D eigenvalue weighted by Crippen LogP contribution is -2.32. The van der Waals surface area contributed by atoms with Gasteiger partial charge in [-0.15, -0.1) is 0 Å². The molecule has 64 heavy (non-hydrogen) atoms. The Bertz CT molecular complexity index is 2740. The molecule has 332 valence electrons. The zero-order valence-electron chi connectivity index (χ0n) is 35.2. The van der Waals surface area contributed by atoms with Crippen molar-refractivity contribution in [1.29, 1.82) is 0 Å². The quantitative estimate of drug-likeness (QED) is 0.0327. The van der Waals surface area contributed by atoms with E-state index in [-0.39, 0.29) is 18.8 Å². The van der Waals surface area contributed by atoms with Crippen LogP contribution in [0.5, 0.6) is 11.5 Å². The number of carbonyl (C=O) groups is 1. The maximum atomic E-state index is 14.6. The third-order valence-corrected chi connectivity index (χ3v) is 11.1. The molecule has 0 aromatic heterocycles. The van der Waals surface area contributed by atoms with E-state index >= 15 is 0 Å². The van der Waals surface area contributed by atoms with Crippen molar-refractivity contribution in [2.24, 2.45) is 0 Å². The Kier molecular flexibility index (Phi) is 11.3. The van der Waals surface area contributed by atoms with Crippen LogP contribution in [0.15, 0.2) is 95.4 Å². The maximum absolute atomic E-state index is 14.6. The largest absolute Gasteiger partial charge is 0.488 e. The predicted octanol–water partition coefficient (Wildman–Crippen LogP) is 6.03. The first-order chi connectivity index (χ1) is 31.1. The van der Waals surface area contributed by atoms with Crippen LogP contribution in [0.2, 0.25) is 0 Å². The fourth-order valence-electron chi connectivity index (χ4n) is 7.86. The molecule has 0 atom stereocenters. The van der Waals surface area contributed by atoms with E-state index < -0.39 is 36.9 Å². The van der Waals surface area contributed by atoms with Crippen molar-refractivity contribution >= 4 is 34.0 Å². The molecule has 0 saturated carbocycles. The Morgan fingerprint density at radius 3 is 1.91 bits per heavy atom. The fourth-order valence-corrected chi connectivity index (χ4v) is 7.86. The summed E-state index contributed by atoms with van der Waals surface area (Å²) in [5, 5.41) is 12.0. The number of fused-ring (bicyclic) bond motifs is 2. The number of ether oxygens (including phenoxy) is 2. The van der Waals surface area contributed by atoms with Crippen molar-refractivity contribution in [3.05, 3.63) is 108 Å². The van der Waals surface area contributed by atoms with Gasteiger partial charge in [-0.05, 0) is 59.7 Å². The average Bonchev–Trinajstić information content (AvgIpc) is 4.03. The lowest BCUT2D eigenvalue weighted by molar-refractivity contribution is 0.0697. The summed E-state index contributed by atoms with van der Waals surface area (Å²) in [5.41, 5.74) is 6.67. The first-order valence-electron chi connectivity index (χ1n) is 20.6. The summed E-state index contributed by atoms with van der Waals surface area (Å²) >= 11 is 0. The molecule has 4 aromatic rings. The fraction of sp³-hybridized carbons (Fsp3) is 0.304. The van der Waals surface area contributed by atoms with Crippen LogP contribution in [0.3, 0.4) is 0 Å². The first kappa shape index (κ1) is 41.6. The van der Waals surface area contributed by atoms with Gasteiger partial charge in [0, 0.05) is 48.4 Å². The molecule has 0 bridgehead atoms. The third kappa shape index (κ3) is 9.17. The lowest BCUT2D eigenvalue weighted by Gasteiger charge is -2.26. The van der Waals surface area contributed by atoms with Crippen LogP contribution in [0, 0.1) is 5.82 Å². The van der Waals surface area contributed by atoms with Gasteiger partial charge in [-0.25, -0.2) is 13.8 Å². The van der Waals surface area contributed by atoms with E-state index in [4.69, 9.17) is 53.0 Å². The molecule has 4 saturated heterocycles. The SMILES string of the molecule is CN(C)c1ccc2c(-c3ccccc3C(=O)O)c3cc(-c4ccc(OCCOc5cc(F)ccc5N(CC5OO5)CC5OO5)c(N(CC5OO5)CC5OO5)c4)c(=[N+](C)C)cc-3oc2c1. The number of rotatable bonds is 19. The second-order valence-electron chi connectivity index (χ2n) is 16.0. The molecule has 18 heteroatoms. The minimum absolute atomic E-state index is 0.0611. The minimum atomic E-state index is -1.04. The molecule has 4 fully saturated rings. The number of hydrogen-bond donors (Lipinski definition) is 1. The van der Waals surface area contributed by atoms with Crippen molar-refractivity contribution in [3.63, 3.8) is 0 Å². The summed E-state index contributed by atoms with van der Waals surface area (Å²) in [4.78, 5) is 59.2. The molecule has 0 spiro atoms. The number of anilines is 3. The Morgan fingerprint density at radius 2 is 1.30 bits per heavy atom. The van der Waals surface area contributed by atoms with Crippen molar-refractivity contribution in [3.8, 4) is 45.1 Å². The average molecular weight is 880 g/mol. The number of aromatic carboxylic acids is 1. The van der Waals surface area contributed by atoms with Crippen molar-refractivity contribution in [1.82, 2.24) is 4.58 Å². The highest BCUT2D eigenvalue weighted by Crippen LogP contribution is 2.44. The van der Waals surface area contributed by atoms with Crippen LogP contribution in [0.4, 0.5) is 21.5 Å². The number of nitrogens with zero attached hydrogens (tertiary/aromatic N) is 4. The first-order valence-corrected chi connectivity index (χ1v) is 20.6. The topological polar surface area (TPSA) is 182 Å². The van der Waals surface area contributed by atoms with Gasteiger partial charge in [0.2, 0.25) is 30.5 Å². The van der Waals surface area contributed by atoms with Gasteiger partial charge < -0.3 is 33.7 Å². The van der Waals surface area contributed by atoms with Crippen LogP contribution < -0.4 is 34.1 Å². The van der Waals surface area contributed by atoms with Gasteiger partial charge in [0.1, 0.15) is 56.0 Å². The second kappa shape index (κ2) is 17.3. The van der Waals surface area contributed by atoms with Crippen molar-refractivity contribution in [2.75, 3.05) is 82.3 Å². The molecule has 1 aliphatic carbocycles. The molecular weight excluding hydrogens is 836 g/mol. The van der Waals surface area contributed by atoms with Crippen LogP contribution in [0.1, 0.15) is 10.4 Å². The van der Waals surface area contributed by atoms with E-state index in [1.165, 1.54) is 12.1 Å². The molecule has 6 aliphatic rings. The molecular formula is C46H44FN4O13+. The summed E-state index contributed by atoms with van der Waals surface area (Å²) in [6.45, 7) is 1.51. The predicted molar refractivity (Wildman–Crippen MR) is 228 cm³/mol. The molecule has 0 unspecified atom stereocenters. The van der Waals surface area contributed by atoms with Gasteiger partial charge in [0.15, 0.2) is 0 Å². The Hall–Kier alpha value is -6.35. The zero-order valence-corrected chi connectivity index (χ0v) is 35.2. The smallest absolute Gasteiger partial charge is 0.336 e. The minimum Gasteiger partial charge on any atom is -0.488 e. The highest BCUT2D eigenvalue weighted by Gasteiger charge is 2.37. The molecule has 0 radical (unpaired) electrons. The normalized spacial score (nSPS) is 16.0. The van der Waals surface area contributed by atoms with Gasteiger partial charge in [-0.1, -0.05) is 24.3 Å². The van der Waals surface area contributed by atoms with Crippen LogP contribution >= 0.6 is 0 Å². The van der Waals surface area contributed by atoms with Gasteiger partial charge in [0.25, 0.3) is 0 Å². The van der Waals surface area contributed by atoms with E-state index in [1.54, 1.807) is 18.2 Å². The Labute approximate surface area is 365 Å². The highest BCUT2D eigenvalue weighted by molar-refractivity contribution is 6.08. The summed E-state index contributed by atoms with van der Waals surface area (Å²) < 4.78 is 35.9. The summed E-state index contributed by atoms with van der Waals surface area (Å²) in [6.07, 6.45) is -1.84. The molecule has 10 rings (SSSR count). The number of carboxylic acid groups (broad SMARTS) is 1. The lowest BCUT2D eigenvalue weighted by atomic mass is 9.88. The van der Waals surface area contributed by atoms with Gasteiger partial charge in [-0.3, -0.25) is 0 Å². The molecule has 1 N–H and O–H groups in total. The van der Waals surface area contributed by atoms with Gasteiger partial charge in [-0.2, -0.15) is 39.1 Å². The molecule has 0 amide bonds. The van der Waals surface area contributed by atoms with Gasteiger partial charge in [0.05, 0.1) is 54.7 Å². The zero-order chi connectivity index (χ0) is 44.1. The summed E-state index contributed by atoms with van der Waals surface area (Å²) in [5.74, 6) is -0.122. The molecule has 5 aliphatic heterocycles. The van der Waals surface area contributed by atoms with Gasteiger partial charge >= 0.3 is 5.97 Å². The van der Waals surface area contributed by atoms with Crippen LogP contribution in [0.25, 0.3) is 44.5 Å². The Balaban J connectivity index is 1.03. The van der Waals surface area contributed by atoms with Crippen molar-refractivity contribution in [2.45, 2.75) is 25.2 Å². The maximum Gasteiger partial charge on any atom is 0.336 e. The number of halogens is 1. The third-order valence-electron chi connectivity index (χ3n) is 11.1. The summed E-state index contributed by atoms with van der Waals surface area (Å²) in [6, 6.07) is 27.1. The van der Waals surface area contributed by atoms with E-state index in [0.717, 1.165) is 38.7 Å². The van der Waals surface area contributed by atoms with E-state index in [1.807, 2.05) is 108 Å². The molecule has 5 heterocycles. The van der Waals surface area contributed by atoms with E-state index in [9.17, 15) is 14.3 Å². The molecule has 17 nitrogen and oxygen atoms in total. The second-order valence-corrected chi connectivity index (χ2v) is 16.0. The monoisotopic (exact) mass is 879 g/mol. The number of hydrogen-bond acceptors (Lipinski definition) is 15. The highest BCUT2D eigenvalue weighted by atomic mass is 19.1. The molecule has 4 aromatic carbocycles. The standard InChI is InChI=1S/C46H43FN4O13/c1-48(2)28-11-12-31-38(19-28)56-39-21-35(49(3)4)32(20-33(39)45(31)29-7-5-6-8-30(29)46(52)53)26-9-14-37(36(17-26)51(24-43-61-62-43)25-44-63-64-44)54-15-16-55-40-18-27(47)10-13-34(40)50(22-41-57-58-41)23-42-59-60-42/h5-14,17-21,41-44H,15-16,22-25H2,1-4H3/p+1. The van der Waals surface area contributed by atoms with Crippen LogP contribution in [-0.4, -0.2) is 104 Å². The van der Waals surface area contributed by atoms with E-state index in [2.05, 4.69) is 0 Å².